The summed E-state index contributed by atoms with van der Waals surface area (Å²) in [5.41, 5.74) is 3.90. The Hall–Kier alpha value is -2.41. The van der Waals surface area contributed by atoms with Crippen LogP contribution in [0.15, 0.2) is 24.3 Å². The minimum Gasteiger partial charge on any atom is -0.322 e. The summed E-state index contributed by atoms with van der Waals surface area (Å²) in [7, 11) is 0. The van der Waals surface area contributed by atoms with E-state index >= 15 is 0 Å². The van der Waals surface area contributed by atoms with Crippen molar-refractivity contribution in [3.63, 3.8) is 0 Å². The molecule has 0 aromatic heterocycles. The van der Waals surface area contributed by atoms with Crippen molar-refractivity contribution >= 4 is 17.8 Å². The number of hydrogen-bond acceptors (Lipinski definition) is 4. The molecule has 2 atom stereocenters. The summed E-state index contributed by atoms with van der Waals surface area (Å²) in [6, 6.07) is 7.95. The maximum Gasteiger partial charge on any atom is 0.344 e. The van der Waals surface area contributed by atoms with E-state index in [0.29, 0.717) is 6.42 Å². The van der Waals surface area contributed by atoms with Crippen LogP contribution in [0.2, 0.25) is 0 Å². The zero-order valence-corrected chi connectivity index (χ0v) is 15.5. The highest BCUT2D eigenvalue weighted by molar-refractivity contribution is 6.07. The Morgan fingerprint density at radius 3 is 2.62 bits per heavy atom. The Morgan fingerprint density at radius 1 is 1.31 bits per heavy atom. The maximum absolute atomic E-state index is 12.4. The molecule has 1 aromatic carbocycles. The highest BCUT2D eigenvalue weighted by atomic mass is 16.2. The molecule has 7 nitrogen and oxygen atoms in total. The molecule has 2 aliphatic rings. The molecular weight excluding hydrogens is 332 g/mol. The van der Waals surface area contributed by atoms with Crippen molar-refractivity contribution in [1.29, 1.82) is 0 Å². The van der Waals surface area contributed by atoms with Crippen LogP contribution in [0.25, 0.3) is 0 Å². The molecule has 2 unspecified atom stereocenters. The summed E-state index contributed by atoms with van der Waals surface area (Å²) < 4.78 is 0. The lowest BCUT2D eigenvalue weighted by atomic mass is 10.00. The SMILES string of the molecule is CCC1(C)NC(=O)N(NC(=O)CN2CCCC2c2ccc(C)cc2)C1=O. The first kappa shape index (κ1) is 18.4. The second-order valence-electron chi connectivity index (χ2n) is 7.33. The lowest BCUT2D eigenvalue weighted by Gasteiger charge is -2.25. The number of nitrogens with zero attached hydrogens (tertiary/aromatic N) is 2. The summed E-state index contributed by atoms with van der Waals surface area (Å²) >= 11 is 0. The average Bonchev–Trinajstić information content (AvgIpc) is 3.14. The first-order chi connectivity index (χ1) is 12.3. The summed E-state index contributed by atoms with van der Waals surface area (Å²) in [5, 5.41) is 3.44. The molecule has 1 aromatic rings. The first-order valence-corrected chi connectivity index (χ1v) is 9.11. The third-order valence-corrected chi connectivity index (χ3v) is 5.38. The van der Waals surface area contributed by atoms with E-state index in [0.717, 1.165) is 24.4 Å². The Morgan fingerprint density at radius 2 is 2.00 bits per heavy atom. The van der Waals surface area contributed by atoms with E-state index in [1.807, 2.05) is 13.8 Å². The van der Waals surface area contributed by atoms with E-state index < -0.39 is 17.5 Å². The zero-order valence-electron chi connectivity index (χ0n) is 15.5. The average molecular weight is 358 g/mol. The van der Waals surface area contributed by atoms with Crippen LogP contribution < -0.4 is 10.7 Å². The molecule has 4 amide bonds. The van der Waals surface area contributed by atoms with Gasteiger partial charge in [-0.2, -0.15) is 5.01 Å². The minimum atomic E-state index is -0.956. The predicted octanol–water partition coefficient (Wildman–Crippen LogP) is 1.88. The van der Waals surface area contributed by atoms with Gasteiger partial charge in [-0.3, -0.25) is 19.9 Å². The number of urea groups is 1. The van der Waals surface area contributed by atoms with Gasteiger partial charge in [0.15, 0.2) is 0 Å². The molecular formula is C19H26N4O3. The molecule has 7 heteroatoms. The van der Waals surface area contributed by atoms with E-state index in [2.05, 4.69) is 39.9 Å². The summed E-state index contributed by atoms with van der Waals surface area (Å²) in [6.45, 7) is 6.50. The molecule has 26 heavy (non-hydrogen) atoms. The van der Waals surface area contributed by atoms with Crippen molar-refractivity contribution in [2.24, 2.45) is 0 Å². The Bertz CT molecular complexity index is 718. The van der Waals surface area contributed by atoms with Crippen LogP contribution in [0.3, 0.4) is 0 Å². The normalized spacial score (nSPS) is 26.3. The van der Waals surface area contributed by atoms with Gasteiger partial charge < -0.3 is 5.32 Å². The van der Waals surface area contributed by atoms with Crippen LogP contribution >= 0.6 is 0 Å². The molecule has 0 radical (unpaired) electrons. The third-order valence-electron chi connectivity index (χ3n) is 5.38. The number of likely N-dealkylation sites (tertiary alicyclic amines) is 1. The fourth-order valence-electron chi connectivity index (χ4n) is 3.55. The number of imide groups is 1. The molecule has 2 saturated heterocycles. The quantitative estimate of drug-likeness (QED) is 0.788. The standard InChI is InChI=1S/C19H26N4O3/c1-4-19(3)17(25)23(18(26)20-19)21-16(24)12-22-11-5-6-15(22)14-9-7-13(2)8-10-14/h7-10,15H,4-6,11-12H2,1-3H3,(H,20,26)(H,21,24). The van der Waals surface area contributed by atoms with Crippen LogP contribution in [-0.4, -0.2) is 46.4 Å². The monoisotopic (exact) mass is 358 g/mol. The molecule has 0 aliphatic carbocycles. The molecule has 2 N–H and O–H groups in total. The fourth-order valence-corrected chi connectivity index (χ4v) is 3.55. The van der Waals surface area contributed by atoms with Gasteiger partial charge in [-0.1, -0.05) is 36.8 Å². The van der Waals surface area contributed by atoms with Gasteiger partial charge in [0.2, 0.25) is 0 Å². The lowest BCUT2D eigenvalue weighted by molar-refractivity contribution is -0.139. The molecule has 2 fully saturated rings. The van der Waals surface area contributed by atoms with Gasteiger partial charge in [0, 0.05) is 6.04 Å². The van der Waals surface area contributed by atoms with Crippen LogP contribution in [0, 0.1) is 6.92 Å². The van der Waals surface area contributed by atoms with Gasteiger partial charge in [-0.15, -0.1) is 0 Å². The summed E-state index contributed by atoms with van der Waals surface area (Å²) in [5.74, 6) is -0.775. The number of aryl methyl sites for hydroxylation is 1. The van der Waals surface area contributed by atoms with Gasteiger partial charge in [0.1, 0.15) is 5.54 Å². The molecule has 0 bridgehead atoms. The lowest BCUT2D eigenvalue weighted by Crippen LogP contribution is -2.51. The number of hydrazine groups is 1. The molecule has 2 aliphatic heterocycles. The van der Waals surface area contributed by atoms with E-state index in [9.17, 15) is 14.4 Å². The highest BCUT2D eigenvalue weighted by Gasteiger charge is 2.47. The van der Waals surface area contributed by atoms with Crippen molar-refractivity contribution in [1.82, 2.24) is 20.7 Å². The zero-order chi connectivity index (χ0) is 18.9. The van der Waals surface area contributed by atoms with E-state index in [1.165, 1.54) is 11.1 Å². The van der Waals surface area contributed by atoms with Crippen molar-refractivity contribution in [3.05, 3.63) is 35.4 Å². The van der Waals surface area contributed by atoms with Crippen molar-refractivity contribution < 1.29 is 14.4 Å². The van der Waals surface area contributed by atoms with Gasteiger partial charge >= 0.3 is 6.03 Å². The molecule has 0 saturated carbocycles. The maximum atomic E-state index is 12.4. The summed E-state index contributed by atoms with van der Waals surface area (Å²) in [6.07, 6.45) is 2.47. The van der Waals surface area contributed by atoms with Crippen molar-refractivity contribution in [3.8, 4) is 0 Å². The molecule has 140 valence electrons. The van der Waals surface area contributed by atoms with Gasteiger partial charge in [0.25, 0.3) is 11.8 Å². The van der Waals surface area contributed by atoms with Crippen LogP contribution in [0.1, 0.15) is 50.3 Å². The number of hydrogen-bond donors (Lipinski definition) is 2. The van der Waals surface area contributed by atoms with E-state index in [4.69, 9.17) is 0 Å². The number of rotatable bonds is 5. The third kappa shape index (κ3) is 3.44. The molecule has 0 spiro atoms. The number of carbonyl (C=O) groups is 3. The second-order valence-corrected chi connectivity index (χ2v) is 7.33. The van der Waals surface area contributed by atoms with Crippen LogP contribution in [0.5, 0.6) is 0 Å². The number of amides is 4. The molecule has 2 heterocycles. The van der Waals surface area contributed by atoms with Crippen LogP contribution in [-0.2, 0) is 9.59 Å². The minimum absolute atomic E-state index is 0.151. The number of carbonyl (C=O) groups excluding carboxylic acids is 3. The van der Waals surface area contributed by atoms with Gasteiger partial charge in [0.05, 0.1) is 6.54 Å². The number of nitrogens with one attached hydrogen (secondary N) is 2. The van der Waals surface area contributed by atoms with E-state index in [1.54, 1.807) is 6.92 Å². The highest BCUT2D eigenvalue weighted by Crippen LogP contribution is 2.31. The number of benzene rings is 1. The Kier molecular flexibility index (Phi) is 5.00. The first-order valence-electron chi connectivity index (χ1n) is 9.11. The van der Waals surface area contributed by atoms with Gasteiger partial charge in [-0.05, 0) is 45.2 Å². The summed E-state index contributed by atoms with van der Waals surface area (Å²) in [4.78, 5) is 38.9. The van der Waals surface area contributed by atoms with Gasteiger partial charge in [-0.25, -0.2) is 4.79 Å². The van der Waals surface area contributed by atoms with Crippen molar-refractivity contribution in [2.45, 2.75) is 51.6 Å². The topological polar surface area (TPSA) is 81.8 Å². The predicted molar refractivity (Wildman–Crippen MR) is 96.9 cm³/mol. The Labute approximate surface area is 153 Å². The smallest absolute Gasteiger partial charge is 0.322 e. The van der Waals surface area contributed by atoms with E-state index in [-0.39, 0.29) is 18.5 Å². The second kappa shape index (κ2) is 7.07. The largest absolute Gasteiger partial charge is 0.344 e. The van der Waals surface area contributed by atoms with Crippen molar-refractivity contribution in [2.75, 3.05) is 13.1 Å². The van der Waals surface area contributed by atoms with Crippen LogP contribution in [0.4, 0.5) is 4.79 Å². The Balaban J connectivity index is 1.63. The molecule has 3 rings (SSSR count). The fraction of sp³-hybridized carbons (Fsp3) is 0.526.